The van der Waals surface area contributed by atoms with Crippen molar-refractivity contribution in [3.63, 3.8) is 0 Å². The molecule has 3 aromatic rings. The Morgan fingerprint density at radius 3 is 2.66 bits per heavy atom. The topological polar surface area (TPSA) is 72.0 Å². The molecule has 2 aliphatic heterocycles. The van der Waals surface area contributed by atoms with Gasteiger partial charge in [0.15, 0.2) is 11.5 Å². The Kier molecular flexibility index (Phi) is 4.25. The third-order valence-electron chi connectivity index (χ3n) is 5.33. The fraction of sp³-hybridized carbons (Fsp3) is 0.286. The number of aromatic nitrogens is 1. The zero-order valence-corrected chi connectivity index (χ0v) is 16.9. The molecule has 0 saturated heterocycles. The molecule has 1 atom stereocenters. The Morgan fingerprint density at radius 1 is 1.17 bits per heavy atom. The lowest BCUT2D eigenvalue weighted by molar-refractivity contribution is -0.114. The molecule has 8 heteroatoms. The summed E-state index contributed by atoms with van der Waals surface area (Å²) in [6.07, 6.45) is 0. The van der Waals surface area contributed by atoms with Gasteiger partial charge in [-0.2, -0.15) is 0 Å². The van der Waals surface area contributed by atoms with E-state index in [1.807, 2.05) is 43.1 Å². The van der Waals surface area contributed by atoms with Gasteiger partial charge in [-0.3, -0.25) is 19.4 Å². The van der Waals surface area contributed by atoms with Gasteiger partial charge >= 0.3 is 5.91 Å². The maximum absolute atomic E-state index is 12.7. The molecule has 0 radical (unpaired) electrons. The maximum Gasteiger partial charge on any atom is 0.300 e. The zero-order chi connectivity index (χ0) is 20.1. The van der Waals surface area contributed by atoms with Crippen molar-refractivity contribution in [2.24, 2.45) is 0 Å². The summed E-state index contributed by atoms with van der Waals surface area (Å²) < 4.78 is 12.3. The highest BCUT2D eigenvalue weighted by molar-refractivity contribution is 7.18. The minimum absolute atomic E-state index is 0.0171. The van der Waals surface area contributed by atoms with Crippen LogP contribution < -0.4 is 14.4 Å². The summed E-state index contributed by atoms with van der Waals surface area (Å²) >= 11 is 1.64. The molecule has 3 heterocycles. The van der Waals surface area contributed by atoms with E-state index in [-0.39, 0.29) is 12.7 Å². The first-order valence-electron chi connectivity index (χ1n) is 9.38. The standard InChI is InChI=1S/C21H19N3O4S/c1-12(20-22-14-5-3-4-6-18(14)29-20)23(2)11-24-15-10-17-16(27-7-8-28-17)9-13(15)19(25)21(24)26/h3-6,9-10,12H,7-8,11H2,1-2H3/t12-/m0/s1. The largest absolute Gasteiger partial charge is 0.486 e. The van der Waals surface area contributed by atoms with E-state index in [0.29, 0.717) is 36.0 Å². The van der Waals surface area contributed by atoms with E-state index in [4.69, 9.17) is 14.5 Å². The molecule has 2 aliphatic rings. The molecule has 0 saturated carbocycles. The second-order valence-electron chi connectivity index (χ2n) is 7.17. The highest BCUT2D eigenvalue weighted by Gasteiger charge is 2.38. The maximum atomic E-state index is 12.7. The van der Waals surface area contributed by atoms with Crippen molar-refractivity contribution < 1.29 is 19.1 Å². The van der Waals surface area contributed by atoms with E-state index in [0.717, 1.165) is 15.2 Å². The summed E-state index contributed by atoms with van der Waals surface area (Å²) in [5.41, 5.74) is 1.89. The van der Waals surface area contributed by atoms with Crippen molar-refractivity contribution in [3.05, 3.63) is 47.0 Å². The molecule has 5 rings (SSSR count). The molecule has 0 fully saturated rings. The predicted molar refractivity (Wildman–Crippen MR) is 110 cm³/mol. The number of ketones is 1. The van der Waals surface area contributed by atoms with Gasteiger partial charge in [0.1, 0.15) is 18.2 Å². The number of benzene rings is 2. The summed E-state index contributed by atoms with van der Waals surface area (Å²) in [6.45, 7) is 3.20. The van der Waals surface area contributed by atoms with Crippen LogP contribution in [0.4, 0.5) is 5.69 Å². The number of fused-ring (bicyclic) bond motifs is 3. The molecule has 1 aromatic heterocycles. The SMILES string of the molecule is C[C@@H](c1nc2ccccc2s1)N(C)CN1C(=O)C(=O)c2cc3c(cc21)OCCO3. The smallest absolute Gasteiger partial charge is 0.300 e. The fourth-order valence-electron chi connectivity index (χ4n) is 3.57. The average Bonchev–Trinajstić information content (AvgIpc) is 3.27. The Hall–Kier alpha value is -2.97. The summed E-state index contributed by atoms with van der Waals surface area (Å²) in [4.78, 5) is 33.4. The molecule has 7 nitrogen and oxygen atoms in total. The fourth-order valence-corrected chi connectivity index (χ4v) is 4.66. The molecule has 2 aromatic carbocycles. The van der Waals surface area contributed by atoms with Gasteiger partial charge in [0, 0.05) is 6.07 Å². The number of Topliss-reactive ketones (excluding diaryl/α,β-unsaturated/α-hetero) is 1. The summed E-state index contributed by atoms with van der Waals surface area (Å²) in [5.74, 6) is 0.0160. The number of amides is 1. The van der Waals surface area contributed by atoms with Crippen molar-refractivity contribution in [1.82, 2.24) is 9.88 Å². The van der Waals surface area contributed by atoms with E-state index in [2.05, 4.69) is 0 Å². The molecular formula is C21H19N3O4S. The second kappa shape index (κ2) is 6.82. The molecule has 0 unspecified atom stereocenters. The monoisotopic (exact) mass is 409 g/mol. The number of thiazole rings is 1. The van der Waals surface area contributed by atoms with E-state index in [1.165, 1.54) is 4.90 Å². The van der Waals surface area contributed by atoms with Crippen LogP contribution in [0.2, 0.25) is 0 Å². The predicted octanol–water partition coefficient (Wildman–Crippen LogP) is 3.25. The second-order valence-corrected chi connectivity index (χ2v) is 8.23. The minimum Gasteiger partial charge on any atom is -0.486 e. The summed E-state index contributed by atoms with van der Waals surface area (Å²) in [5, 5.41) is 0.967. The molecule has 0 spiro atoms. The molecule has 0 aliphatic carbocycles. The lowest BCUT2D eigenvalue weighted by Gasteiger charge is -2.28. The van der Waals surface area contributed by atoms with Crippen LogP contribution in [0.25, 0.3) is 10.2 Å². The number of ether oxygens (including phenoxy) is 2. The third-order valence-corrected chi connectivity index (χ3v) is 6.54. The highest BCUT2D eigenvalue weighted by atomic mass is 32.1. The summed E-state index contributed by atoms with van der Waals surface area (Å²) in [6, 6.07) is 11.3. The number of anilines is 1. The van der Waals surface area contributed by atoms with E-state index < -0.39 is 11.7 Å². The Morgan fingerprint density at radius 2 is 1.90 bits per heavy atom. The van der Waals surface area contributed by atoms with Gasteiger partial charge in [-0.05, 0) is 32.2 Å². The first-order chi connectivity index (χ1) is 14.0. The number of rotatable bonds is 4. The van der Waals surface area contributed by atoms with E-state index in [1.54, 1.807) is 23.5 Å². The number of carbonyl (C=O) groups excluding carboxylic acids is 2. The van der Waals surface area contributed by atoms with Crippen LogP contribution in [0.5, 0.6) is 11.5 Å². The van der Waals surface area contributed by atoms with Crippen LogP contribution in [0.3, 0.4) is 0 Å². The van der Waals surface area contributed by atoms with Crippen molar-refractivity contribution in [3.8, 4) is 11.5 Å². The van der Waals surface area contributed by atoms with Gasteiger partial charge in [-0.1, -0.05) is 12.1 Å². The lowest BCUT2D eigenvalue weighted by atomic mass is 10.1. The summed E-state index contributed by atoms with van der Waals surface area (Å²) in [7, 11) is 1.92. The lowest BCUT2D eigenvalue weighted by Crippen LogP contribution is -2.40. The number of nitrogens with zero attached hydrogens (tertiary/aromatic N) is 3. The molecule has 0 N–H and O–H groups in total. The van der Waals surface area contributed by atoms with Gasteiger partial charge in [-0.25, -0.2) is 4.98 Å². The van der Waals surface area contributed by atoms with Crippen LogP contribution in [0.15, 0.2) is 36.4 Å². The van der Waals surface area contributed by atoms with Crippen LogP contribution in [0, 0.1) is 0 Å². The quantitative estimate of drug-likeness (QED) is 0.616. The van der Waals surface area contributed by atoms with Crippen molar-refractivity contribution >= 4 is 38.9 Å². The Balaban J connectivity index is 1.42. The van der Waals surface area contributed by atoms with Crippen LogP contribution in [-0.2, 0) is 4.79 Å². The number of carbonyl (C=O) groups is 2. The van der Waals surface area contributed by atoms with Gasteiger partial charge in [0.2, 0.25) is 0 Å². The molecule has 29 heavy (non-hydrogen) atoms. The first kappa shape index (κ1) is 18.1. The van der Waals surface area contributed by atoms with Gasteiger partial charge in [-0.15, -0.1) is 11.3 Å². The number of hydrogen-bond donors (Lipinski definition) is 0. The highest BCUT2D eigenvalue weighted by Crippen LogP contribution is 2.41. The van der Waals surface area contributed by atoms with E-state index >= 15 is 0 Å². The van der Waals surface area contributed by atoms with Gasteiger partial charge in [0.25, 0.3) is 5.78 Å². The Labute approximate surface area is 171 Å². The van der Waals surface area contributed by atoms with Crippen molar-refractivity contribution in [2.45, 2.75) is 13.0 Å². The zero-order valence-electron chi connectivity index (χ0n) is 16.0. The molecule has 0 bridgehead atoms. The third kappa shape index (κ3) is 2.95. The van der Waals surface area contributed by atoms with Crippen LogP contribution in [-0.4, -0.2) is 48.5 Å². The van der Waals surface area contributed by atoms with Crippen molar-refractivity contribution in [2.75, 3.05) is 31.8 Å². The normalized spacial score (nSPS) is 16.6. The van der Waals surface area contributed by atoms with Crippen LogP contribution >= 0.6 is 11.3 Å². The molecule has 1 amide bonds. The van der Waals surface area contributed by atoms with Crippen molar-refractivity contribution in [1.29, 1.82) is 0 Å². The minimum atomic E-state index is -0.536. The molecular weight excluding hydrogens is 390 g/mol. The van der Waals surface area contributed by atoms with Crippen LogP contribution in [0.1, 0.15) is 28.3 Å². The number of hydrogen-bond acceptors (Lipinski definition) is 7. The number of para-hydroxylation sites is 1. The molecule has 148 valence electrons. The Bertz CT molecular complexity index is 1110. The van der Waals surface area contributed by atoms with E-state index in [9.17, 15) is 9.59 Å². The van der Waals surface area contributed by atoms with Gasteiger partial charge in [0.05, 0.1) is 34.2 Å². The average molecular weight is 409 g/mol. The van der Waals surface area contributed by atoms with Gasteiger partial charge < -0.3 is 9.47 Å². The first-order valence-corrected chi connectivity index (χ1v) is 10.2.